The highest BCUT2D eigenvalue weighted by Gasteiger charge is 2.41. The summed E-state index contributed by atoms with van der Waals surface area (Å²) in [5, 5.41) is 7.15. The first-order valence-electron chi connectivity index (χ1n) is 10.3. The maximum atomic E-state index is 13.6. The Morgan fingerprint density at radius 1 is 0.833 bits per heavy atom. The van der Waals surface area contributed by atoms with E-state index in [4.69, 9.17) is 5.10 Å². The molecule has 0 spiro atoms. The number of anilines is 1. The lowest BCUT2D eigenvalue weighted by Crippen LogP contribution is -2.28. The van der Waals surface area contributed by atoms with Crippen molar-refractivity contribution in [1.29, 1.82) is 0 Å². The van der Waals surface area contributed by atoms with Crippen molar-refractivity contribution < 1.29 is 8.78 Å². The molecule has 0 radical (unpaired) electrons. The Morgan fingerprint density at radius 3 is 2.20 bits per heavy atom. The van der Waals surface area contributed by atoms with Gasteiger partial charge in [0, 0.05) is 5.92 Å². The second-order valence-corrected chi connectivity index (χ2v) is 7.88. The number of allylic oxidation sites excluding steroid dienone is 1. The Morgan fingerprint density at radius 2 is 1.50 bits per heavy atom. The Labute approximate surface area is 175 Å². The minimum atomic E-state index is -0.233. The van der Waals surface area contributed by atoms with E-state index in [1.165, 1.54) is 29.8 Å². The fourth-order valence-corrected chi connectivity index (χ4v) is 4.55. The Hall–Kier alpha value is -3.27. The predicted octanol–water partition coefficient (Wildman–Crippen LogP) is 6.77. The Bertz CT molecular complexity index is 1090. The summed E-state index contributed by atoms with van der Waals surface area (Å²) in [5.74, 6) is -0.232. The first kappa shape index (κ1) is 18.7. The highest BCUT2D eigenvalue weighted by atomic mass is 19.1. The van der Waals surface area contributed by atoms with Gasteiger partial charge >= 0.3 is 0 Å². The van der Waals surface area contributed by atoms with Gasteiger partial charge in [-0.25, -0.2) is 8.78 Å². The van der Waals surface area contributed by atoms with Crippen LogP contribution in [0.5, 0.6) is 0 Å². The first-order valence-corrected chi connectivity index (χ1v) is 10.3. The van der Waals surface area contributed by atoms with E-state index in [9.17, 15) is 8.78 Å². The van der Waals surface area contributed by atoms with Crippen LogP contribution in [0.15, 0.2) is 89.5 Å². The second kappa shape index (κ2) is 7.86. The van der Waals surface area contributed by atoms with Gasteiger partial charge in [-0.1, -0.05) is 42.5 Å². The van der Waals surface area contributed by atoms with Gasteiger partial charge in [0.1, 0.15) is 11.6 Å². The molecule has 30 heavy (non-hydrogen) atoms. The largest absolute Gasteiger partial charge is 0.257 e. The van der Waals surface area contributed by atoms with E-state index in [1.54, 1.807) is 12.1 Å². The molecular formula is C26H22F2N2. The third-order valence-electron chi connectivity index (χ3n) is 5.94. The second-order valence-electron chi connectivity index (χ2n) is 7.88. The standard InChI is InChI=1S/C26H22F2N2/c27-21-13-9-18(10-14-21)17-20-5-4-8-24-25(20)29-30(23-6-2-1-3-7-23)26(24)19-11-15-22(28)16-12-19/h1-3,6-7,9-17,24,26H,4-5,8H2/b20-17-/t24-,26+/m0/s1. The van der Waals surface area contributed by atoms with E-state index in [0.717, 1.165) is 41.8 Å². The fraction of sp³-hybridized carbons (Fsp3) is 0.192. The smallest absolute Gasteiger partial charge is 0.123 e. The number of para-hydroxylation sites is 1. The average Bonchev–Trinajstić information content (AvgIpc) is 3.17. The molecule has 1 heterocycles. The molecule has 1 aliphatic carbocycles. The van der Waals surface area contributed by atoms with Crippen molar-refractivity contribution in [1.82, 2.24) is 0 Å². The summed E-state index contributed by atoms with van der Waals surface area (Å²) in [6.07, 6.45) is 5.17. The average molecular weight is 400 g/mol. The Kier molecular flexibility index (Phi) is 4.91. The lowest BCUT2D eigenvalue weighted by atomic mass is 9.77. The van der Waals surface area contributed by atoms with Gasteiger partial charge < -0.3 is 0 Å². The zero-order valence-electron chi connectivity index (χ0n) is 16.5. The van der Waals surface area contributed by atoms with Gasteiger partial charge in [-0.2, -0.15) is 5.10 Å². The molecule has 2 atom stereocenters. The third kappa shape index (κ3) is 3.54. The lowest BCUT2D eigenvalue weighted by molar-refractivity contribution is 0.487. The van der Waals surface area contributed by atoms with Crippen LogP contribution >= 0.6 is 0 Å². The van der Waals surface area contributed by atoms with Crippen LogP contribution in [-0.2, 0) is 0 Å². The van der Waals surface area contributed by atoms with Crippen LogP contribution in [0.3, 0.4) is 0 Å². The quantitative estimate of drug-likeness (QED) is 0.474. The summed E-state index contributed by atoms with van der Waals surface area (Å²) in [6.45, 7) is 0. The van der Waals surface area contributed by atoms with Crippen LogP contribution < -0.4 is 5.01 Å². The van der Waals surface area contributed by atoms with Gasteiger partial charge in [0.25, 0.3) is 0 Å². The molecule has 1 fully saturated rings. The van der Waals surface area contributed by atoms with E-state index < -0.39 is 0 Å². The number of halogens is 2. The highest BCUT2D eigenvalue weighted by Crippen LogP contribution is 2.46. The van der Waals surface area contributed by atoms with Crippen molar-refractivity contribution in [3.63, 3.8) is 0 Å². The molecule has 150 valence electrons. The van der Waals surface area contributed by atoms with Gasteiger partial charge in [-0.15, -0.1) is 0 Å². The van der Waals surface area contributed by atoms with Crippen LogP contribution in [-0.4, -0.2) is 5.71 Å². The van der Waals surface area contributed by atoms with Crippen molar-refractivity contribution in [3.05, 3.63) is 107 Å². The fourth-order valence-electron chi connectivity index (χ4n) is 4.55. The van der Waals surface area contributed by atoms with E-state index in [0.29, 0.717) is 0 Å². The molecule has 4 heteroatoms. The summed E-state index contributed by atoms with van der Waals surface area (Å²) in [7, 11) is 0. The molecular weight excluding hydrogens is 378 g/mol. The molecule has 0 saturated heterocycles. The monoisotopic (exact) mass is 400 g/mol. The van der Waals surface area contributed by atoms with Crippen molar-refractivity contribution in [2.24, 2.45) is 11.0 Å². The molecule has 0 amide bonds. The maximum absolute atomic E-state index is 13.6. The van der Waals surface area contributed by atoms with Crippen LogP contribution in [0.25, 0.3) is 6.08 Å². The number of rotatable bonds is 3. The molecule has 0 N–H and O–H groups in total. The van der Waals surface area contributed by atoms with E-state index in [2.05, 4.69) is 23.2 Å². The van der Waals surface area contributed by atoms with Gasteiger partial charge in [0.2, 0.25) is 0 Å². The number of hydrogen-bond acceptors (Lipinski definition) is 2. The molecule has 0 bridgehead atoms. The molecule has 2 nitrogen and oxygen atoms in total. The summed E-state index contributed by atoms with van der Waals surface area (Å²) in [5.41, 5.74) is 5.35. The predicted molar refractivity (Wildman–Crippen MR) is 117 cm³/mol. The molecule has 1 aliphatic heterocycles. The minimum Gasteiger partial charge on any atom is -0.257 e. The van der Waals surface area contributed by atoms with Crippen LogP contribution in [0.1, 0.15) is 36.4 Å². The van der Waals surface area contributed by atoms with Crippen molar-refractivity contribution in [2.75, 3.05) is 5.01 Å². The molecule has 3 aromatic rings. The van der Waals surface area contributed by atoms with Crippen molar-refractivity contribution >= 4 is 17.5 Å². The van der Waals surface area contributed by atoms with E-state index in [-0.39, 0.29) is 23.6 Å². The molecule has 0 unspecified atom stereocenters. The highest BCUT2D eigenvalue weighted by molar-refractivity contribution is 6.08. The molecule has 2 aliphatic rings. The molecule has 1 saturated carbocycles. The van der Waals surface area contributed by atoms with Crippen LogP contribution in [0.4, 0.5) is 14.5 Å². The minimum absolute atomic E-state index is 0.0277. The van der Waals surface area contributed by atoms with Crippen molar-refractivity contribution in [3.8, 4) is 0 Å². The van der Waals surface area contributed by atoms with Gasteiger partial charge in [-0.3, -0.25) is 5.01 Å². The topological polar surface area (TPSA) is 15.6 Å². The normalized spacial score (nSPS) is 22.1. The number of hydrogen-bond donors (Lipinski definition) is 0. The van der Waals surface area contributed by atoms with E-state index in [1.807, 2.05) is 30.3 Å². The van der Waals surface area contributed by atoms with E-state index >= 15 is 0 Å². The number of nitrogens with zero attached hydrogens (tertiary/aromatic N) is 2. The summed E-state index contributed by atoms with van der Waals surface area (Å²) < 4.78 is 26.9. The number of hydrazone groups is 1. The summed E-state index contributed by atoms with van der Waals surface area (Å²) in [4.78, 5) is 0. The summed E-state index contributed by atoms with van der Waals surface area (Å²) in [6, 6.07) is 23.5. The summed E-state index contributed by atoms with van der Waals surface area (Å²) >= 11 is 0. The van der Waals surface area contributed by atoms with Crippen molar-refractivity contribution in [2.45, 2.75) is 25.3 Å². The number of fused-ring (bicyclic) bond motifs is 1. The maximum Gasteiger partial charge on any atom is 0.123 e. The van der Waals surface area contributed by atoms with Gasteiger partial charge in [0.05, 0.1) is 17.4 Å². The lowest BCUT2D eigenvalue weighted by Gasteiger charge is -2.30. The zero-order chi connectivity index (χ0) is 20.5. The zero-order valence-corrected chi connectivity index (χ0v) is 16.5. The van der Waals surface area contributed by atoms with Gasteiger partial charge in [0.15, 0.2) is 0 Å². The molecule has 5 rings (SSSR count). The third-order valence-corrected chi connectivity index (χ3v) is 5.94. The van der Waals surface area contributed by atoms with Crippen LogP contribution in [0, 0.1) is 17.6 Å². The molecule has 0 aromatic heterocycles. The van der Waals surface area contributed by atoms with Crippen LogP contribution in [0.2, 0.25) is 0 Å². The number of benzene rings is 3. The van der Waals surface area contributed by atoms with Gasteiger partial charge in [-0.05, 0) is 78.4 Å². The first-order chi connectivity index (χ1) is 14.7. The Balaban J connectivity index is 1.58. The molecule has 3 aromatic carbocycles. The SMILES string of the molecule is Fc1ccc(/C=C2/CCC[C@H]3C2=NN(c2ccccc2)[C@@H]3c2ccc(F)cc2)cc1.